The molecule has 1 aromatic heterocycles. The van der Waals surface area contributed by atoms with Gasteiger partial charge in [-0.3, -0.25) is 4.79 Å². The molecule has 2 aromatic carbocycles. The van der Waals surface area contributed by atoms with Crippen molar-refractivity contribution < 1.29 is 4.79 Å². The highest BCUT2D eigenvalue weighted by Gasteiger charge is 2.29. The highest BCUT2D eigenvalue weighted by atomic mass is 16.3. The molecule has 23 heavy (non-hydrogen) atoms. The second-order valence-electron chi connectivity index (χ2n) is 5.56. The van der Waals surface area contributed by atoms with E-state index in [1.165, 1.54) is 6.07 Å². The molecule has 1 atom stereocenters. The van der Waals surface area contributed by atoms with Gasteiger partial charge in [0.15, 0.2) is 5.78 Å². The van der Waals surface area contributed by atoms with Crippen LogP contribution >= 0.6 is 0 Å². The van der Waals surface area contributed by atoms with Gasteiger partial charge in [-0.2, -0.15) is 0 Å². The van der Waals surface area contributed by atoms with Crippen molar-refractivity contribution in [2.45, 2.75) is 12.5 Å². The molecule has 0 saturated carbocycles. The third kappa shape index (κ3) is 2.17. The summed E-state index contributed by atoms with van der Waals surface area (Å²) in [6.07, 6.45) is 3.90. The summed E-state index contributed by atoms with van der Waals surface area (Å²) in [5, 5.41) is 2.89. The quantitative estimate of drug-likeness (QED) is 0.538. The van der Waals surface area contributed by atoms with Crippen LogP contribution in [0.5, 0.6) is 0 Å². The van der Waals surface area contributed by atoms with E-state index in [2.05, 4.69) is 10.2 Å². The first-order valence-electron chi connectivity index (χ1n) is 7.35. The van der Waals surface area contributed by atoms with Gasteiger partial charge in [0.1, 0.15) is 5.69 Å². The number of aromatic nitrogens is 2. The van der Waals surface area contributed by atoms with Crippen molar-refractivity contribution in [1.29, 1.82) is 0 Å². The molecule has 0 saturated heterocycles. The molecular weight excluding hydrogens is 290 g/mol. The first-order chi connectivity index (χ1) is 11.3. The molecule has 1 aliphatic rings. The van der Waals surface area contributed by atoms with Gasteiger partial charge >= 0.3 is 0 Å². The van der Waals surface area contributed by atoms with E-state index in [4.69, 9.17) is 0 Å². The van der Waals surface area contributed by atoms with Crippen LogP contribution in [0.2, 0.25) is 0 Å². The van der Waals surface area contributed by atoms with Crippen molar-refractivity contribution in [3.63, 3.8) is 0 Å². The van der Waals surface area contributed by atoms with E-state index in [1.54, 1.807) is 24.5 Å². The Kier molecular flexibility index (Phi) is 3.12. The van der Waals surface area contributed by atoms with E-state index in [0.29, 0.717) is 12.0 Å². The largest absolute Gasteiger partial charge is 0.322 e. The molecule has 0 amide bonds. The van der Waals surface area contributed by atoms with E-state index in [0.717, 1.165) is 16.8 Å². The summed E-state index contributed by atoms with van der Waals surface area (Å²) >= 11 is 0. The molecule has 0 bridgehead atoms. The van der Waals surface area contributed by atoms with Gasteiger partial charge in [-0.05, 0) is 22.9 Å². The summed E-state index contributed by atoms with van der Waals surface area (Å²) in [5.41, 5.74) is 4.05. The Hall–Kier alpha value is -3.08. The maximum atomic E-state index is 12.6. The Bertz CT molecular complexity index is 914. The number of nitrogens with zero attached hydrogens (tertiary/aromatic N) is 3. The smallest absolute Gasteiger partial charge is 0.165 e. The number of fused-ring (bicyclic) bond motifs is 3. The second-order valence-corrected chi connectivity index (χ2v) is 5.56. The van der Waals surface area contributed by atoms with Crippen LogP contribution in [0.3, 0.4) is 0 Å². The minimum Gasteiger partial charge on any atom is -0.322 e. The van der Waals surface area contributed by atoms with E-state index >= 15 is 0 Å². The number of rotatable bonds is 4. The highest BCUT2D eigenvalue weighted by molar-refractivity contribution is 5.97. The van der Waals surface area contributed by atoms with Crippen LogP contribution < -0.4 is 0 Å². The van der Waals surface area contributed by atoms with Crippen LogP contribution in [0.4, 0.5) is 5.69 Å². The monoisotopic (exact) mass is 303 g/mol. The fraction of sp³-hybridized carbons (Fsp3) is 0.111. The predicted molar refractivity (Wildman–Crippen MR) is 86.6 cm³/mol. The molecule has 2 heterocycles. The van der Waals surface area contributed by atoms with Crippen molar-refractivity contribution >= 4 is 11.5 Å². The number of benzene rings is 2. The SMILES string of the molecule is O=Nc1cccc(C(=O)CC2c3ccccc3-c3cncn32)c1. The first kappa shape index (κ1) is 13.6. The summed E-state index contributed by atoms with van der Waals surface area (Å²) < 4.78 is 2.03. The topological polar surface area (TPSA) is 64.3 Å². The normalized spacial score (nSPS) is 15.0. The third-order valence-electron chi connectivity index (χ3n) is 4.25. The maximum absolute atomic E-state index is 12.6. The zero-order chi connectivity index (χ0) is 15.8. The lowest BCUT2D eigenvalue weighted by Crippen LogP contribution is -2.11. The van der Waals surface area contributed by atoms with Crippen molar-refractivity contribution in [2.24, 2.45) is 5.18 Å². The molecule has 1 aliphatic heterocycles. The van der Waals surface area contributed by atoms with Crippen LogP contribution in [0.1, 0.15) is 28.4 Å². The molecule has 3 aromatic rings. The molecule has 5 nitrogen and oxygen atoms in total. The van der Waals surface area contributed by atoms with Gasteiger partial charge in [-0.1, -0.05) is 36.4 Å². The number of carbonyl (C=O) groups is 1. The van der Waals surface area contributed by atoms with Gasteiger partial charge < -0.3 is 4.57 Å². The standard InChI is InChI=1S/C18H13N3O2/c22-18(12-4-3-5-13(8-12)20-23)9-16-14-6-1-2-7-15(14)17-10-19-11-21(16)17/h1-8,10-11,16H,9H2. The fourth-order valence-corrected chi connectivity index (χ4v) is 3.17. The second kappa shape index (κ2) is 5.28. The van der Waals surface area contributed by atoms with Crippen molar-refractivity contribution in [1.82, 2.24) is 9.55 Å². The Morgan fingerprint density at radius 3 is 2.91 bits per heavy atom. The Morgan fingerprint density at radius 1 is 1.17 bits per heavy atom. The van der Waals surface area contributed by atoms with Gasteiger partial charge in [0.25, 0.3) is 0 Å². The summed E-state index contributed by atoms with van der Waals surface area (Å²) in [5.74, 6) is -0.0168. The molecular formula is C18H13N3O2. The average Bonchev–Trinajstić information content (AvgIpc) is 3.18. The molecule has 0 radical (unpaired) electrons. The number of hydrogen-bond donors (Lipinski definition) is 0. The molecule has 112 valence electrons. The van der Waals surface area contributed by atoms with Crippen LogP contribution in [-0.4, -0.2) is 15.3 Å². The molecule has 5 heteroatoms. The van der Waals surface area contributed by atoms with E-state index < -0.39 is 0 Å². The molecule has 1 unspecified atom stereocenters. The Morgan fingerprint density at radius 2 is 2.04 bits per heavy atom. The van der Waals surface area contributed by atoms with Gasteiger partial charge in [0.05, 0.1) is 24.3 Å². The van der Waals surface area contributed by atoms with Gasteiger partial charge in [0.2, 0.25) is 0 Å². The van der Waals surface area contributed by atoms with Gasteiger partial charge in [-0.15, -0.1) is 4.91 Å². The number of hydrogen-bond acceptors (Lipinski definition) is 4. The van der Waals surface area contributed by atoms with E-state index in [1.807, 2.05) is 35.0 Å². The molecule has 4 rings (SSSR count). The number of imidazole rings is 1. The zero-order valence-electron chi connectivity index (χ0n) is 12.2. The summed E-state index contributed by atoms with van der Waals surface area (Å²) in [6, 6.07) is 14.5. The van der Waals surface area contributed by atoms with Crippen LogP contribution in [0.15, 0.2) is 66.2 Å². The lowest BCUT2D eigenvalue weighted by molar-refractivity contribution is 0.0970. The zero-order valence-corrected chi connectivity index (χ0v) is 12.2. The number of Topliss-reactive ketones (excluding diaryl/α,β-unsaturated/α-hetero) is 1. The highest BCUT2D eigenvalue weighted by Crippen LogP contribution is 2.41. The number of carbonyl (C=O) groups excluding carboxylic acids is 1. The van der Waals surface area contributed by atoms with Gasteiger partial charge in [-0.25, -0.2) is 4.98 Å². The lowest BCUT2D eigenvalue weighted by Gasteiger charge is -2.14. The van der Waals surface area contributed by atoms with Crippen molar-refractivity contribution in [3.8, 4) is 11.3 Å². The van der Waals surface area contributed by atoms with Crippen molar-refractivity contribution in [3.05, 3.63) is 77.1 Å². The van der Waals surface area contributed by atoms with Crippen molar-refractivity contribution in [2.75, 3.05) is 0 Å². The molecule has 0 spiro atoms. The summed E-state index contributed by atoms with van der Waals surface area (Å²) in [7, 11) is 0. The lowest BCUT2D eigenvalue weighted by atomic mass is 9.96. The average molecular weight is 303 g/mol. The minimum atomic E-state index is -0.0657. The maximum Gasteiger partial charge on any atom is 0.165 e. The minimum absolute atomic E-state index is 0.0168. The first-order valence-corrected chi connectivity index (χ1v) is 7.35. The van der Waals surface area contributed by atoms with Crippen LogP contribution in [-0.2, 0) is 0 Å². The third-order valence-corrected chi connectivity index (χ3v) is 4.25. The van der Waals surface area contributed by atoms with E-state index in [-0.39, 0.29) is 17.5 Å². The van der Waals surface area contributed by atoms with Crippen LogP contribution in [0, 0.1) is 4.91 Å². The van der Waals surface area contributed by atoms with Gasteiger partial charge in [0, 0.05) is 17.5 Å². The molecule has 0 N–H and O–H groups in total. The van der Waals surface area contributed by atoms with Crippen LogP contribution in [0.25, 0.3) is 11.3 Å². The molecule has 0 aliphatic carbocycles. The Labute approximate surface area is 132 Å². The van der Waals surface area contributed by atoms with E-state index in [9.17, 15) is 9.70 Å². The molecule has 0 fully saturated rings. The number of ketones is 1. The number of nitroso groups, excluding NO2 is 1. The summed E-state index contributed by atoms with van der Waals surface area (Å²) in [4.78, 5) is 27.5. The summed E-state index contributed by atoms with van der Waals surface area (Å²) in [6.45, 7) is 0. The predicted octanol–water partition coefficient (Wildman–Crippen LogP) is 4.12. The fourth-order valence-electron chi connectivity index (χ4n) is 3.17. The Balaban J connectivity index is 1.69.